The zero-order valence-electron chi connectivity index (χ0n) is 5.77. The topological polar surface area (TPSA) is 15.3 Å². The van der Waals surface area contributed by atoms with Crippen molar-refractivity contribution in [1.82, 2.24) is 9.84 Å². The van der Waals surface area contributed by atoms with Crippen molar-refractivity contribution in [2.45, 2.75) is 13.8 Å². The molecule has 0 amide bonds. The first-order chi connectivity index (χ1) is 3.81. The summed E-state index contributed by atoms with van der Waals surface area (Å²) in [4.78, 5) is 0. The minimum absolute atomic E-state index is 1.00. The number of nitrogens with zero attached hydrogens (tertiary/aromatic N) is 1. The lowest BCUT2D eigenvalue weighted by Crippen LogP contribution is -2.27. The van der Waals surface area contributed by atoms with E-state index in [-0.39, 0.29) is 0 Å². The molecule has 0 aliphatic heterocycles. The van der Waals surface area contributed by atoms with Gasteiger partial charge in [0.05, 0.1) is 0 Å². The van der Waals surface area contributed by atoms with E-state index in [2.05, 4.69) is 19.3 Å². The van der Waals surface area contributed by atoms with Crippen LogP contribution in [0.4, 0.5) is 0 Å². The molecular formula is C5H14N2S. The molecular weight excluding hydrogens is 120 g/mol. The molecule has 0 spiro atoms. The summed E-state index contributed by atoms with van der Waals surface area (Å²) in [5.41, 5.74) is 3.14. The van der Waals surface area contributed by atoms with E-state index in [0.29, 0.717) is 0 Å². The summed E-state index contributed by atoms with van der Waals surface area (Å²) in [6.45, 7) is 5.23. The number of rotatable bonds is 4. The Morgan fingerprint density at radius 3 is 2.50 bits per heavy atom. The fourth-order valence-corrected chi connectivity index (χ4v) is 1.07. The first kappa shape index (κ1) is 8.27. The molecule has 1 N–H and O–H groups in total. The minimum atomic E-state index is 1.00. The van der Waals surface area contributed by atoms with Gasteiger partial charge in [-0.25, -0.2) is 5.43 Å². The highest BCUT2D eigenvalue weighted by molar-refractivity contribution is 7.96. The molecule has 0 atom stereocenters. The Labute approximate surface area is 55.7 Å². The number of hydrogen-bond acceptors (Lipinski definition) is 3. The highest BCUT2D eigenvalue weighted by Crippen LogP contribution is 1.99. The summed E-state index contributed by atoms with van der Waals surface area (Å²) < 4.78 is 2.03. The third-order valence-corrected chi connectivity index (χ3v) is 1.48. The predicted octanol–water partition coefficient (Wildman–Crippen LogP) is 1.11. The van der Waals surface area contributed by atoms with Gasteiger partial charge in [-0.1, -0.05) is 25.8 Å². The Morgan fingerprint density at radius 2 is 2.12 bits per heavy atom. The summed E-state index contributed by atoms with van der Waals surface area (Å²) >= 11 is 1.78. The van der Waals surface area contributed by atoms with E-state index in [4.69, 9.17) is 0 Å². The summed E-state index contributed by atoms with van der Waals surface area (Å²) in [7, 11) is 2.03. The van der Waals surface area contributed by atoms with E-state index in [9.17, 15) is 0 Å². The molecule has 0 aliphatic carbocycles. The van der Waals surface area contributed by atoms with Gasteiger partial charge in [0.15, 0.2) is 0 Å². The van der Waals surface area contributed by atoms with Gasteiger partial charge in [-0.3, -0.25) is 0 Å². The summed E-state index contributed by atoms with van der Waals surface area (Å²) in [5, 5.41) is 0. The molecule has 0 aromatic rings. The van der Waals surface area contributed by atoms with Crippen molar-refractivity contribution in [3.05, 3.63) is 0 Å². The van der Waals surface area contributed by atoms with Crippen LogP contribution in [0, 0.1) is 0 Å². The molecule has 0 aliphatic rings. The predicted molar refractivity (Wildman–Crippen MR) is 39.6 cm³/mol. The average Bonchev–Trinajstić information content (AvgIpc) is 1.68. The maximum Gasteiger partial charge on any atom is 0.0131 e. The Bertz CT molecular complexity index is 43.7. The molecule has 0 radical (unpaired) electrons. The second-order valence-corrected chi connectivity index (χ2v) is 2.81. The van der Waals surface area contributed by atoms with E-state index in [1.165, 1.54) is 0 Å². The Balaban J connectivity index is 2.92. The van der Waals surface area contributed by atoms with Gasteiger partial charge in [0.2, 0.25) is 0 Å². The van der Waals surface area contributed by atoms with Crippen LogP contribution in [0.15, 0.2) is 0 Å². The van der Waals surface area contributed by atoms with Crippen molar-refractivity contribution in [2.75, 3.05) is 19.3 Å². The van der Waals surface area contributed by atoms with Crippen LogP contribution in [0.3, 0.4) is 0 Å². The molecule has 0 bridgehead atoms. The van der Waals surface area contributed by atoms with Crippen molar-refractivity contribution in [1.29, 1.82) is 0 Å². The van der Waals surface area contributed by atoms with Gasteiger partial charge in [-0.05, 0) is 0 Å². The van der Waals surface area contributed by atoms with Gasteiger partial charge < -0.3 is 0 Å². The summed E-state index contributed by atoms with van der Waals surface area (Å²) in [6.07, 6.45) is 0. The standard InChI is InChI=1S/C5H14N2S/c1-4-6-7(3)8-5-2/h6H,4-5H2,1-3H3. The molecule has 0 aromatic carbocycles. The zero-order chi connectivity index (χ0) is 6.41. The monoisotopic (exact) mass is 134 g/mol. The van der Waals surface area contributed by atoms with Gasteiger partial charge in [0, 0.05) is 19.3 Å². The molecule has 50 valence electrons. The van der Waals surface area contributed by atoms with Crippen LogP contribution in [-0.2, 0) is 0 Å². The van der Waals surface area contributed by atoms with E-state index >= 15 is 0 Å². The lowest BCUT2D eigenvalue weighted by Gasteiger charge is -2.13. The quantitative estimate of drug-likeness (QED) is 0.458. The maximum absolute atomic E-state index is 3.14. The van der Waals surface area contributed by atoms with Gasteiger partial charge in [-0.15, -0.1) is 0 Å². The van der Waals surface area contributed by atoms with E-state index in [1.807, 2.05) is 11.5 Å². The van der Waals surface area contributed by atoms with Gasteiger partial charge in [0.25, 0.3) is 0 Å². The van der Waals surface area contributed by atoms with Crippen LogP contribution in [0.5, 0.6) is 0 Å². The van der Waals surface area contributed by atoms with E-state index < -0.39 is 0 Å². The second-order valence-electron chi connectivity index (χ2n) is 1.43. The fraction of sp³-hybridized carbons (Fsp3) is 1.00. The first-order valence-corrected chi connectivity index (χ1v) is 3.85. The molecule has 0 saturated carbocycles. The van der Waals surface area contributed by atoms with Crippen LogP contribution in [0.1, 0.15) is 13.8 Å². The molecule has 0 unspecified atom stereocenters. The number of nitrogens with one attached hydrogen (secondary N) is 1. The van der Waals surface area contributed by atoms with Crippen LogP contribution >= 0.6 is 11.9 Å². The summed E-state index contributed by atoms with van der Waals surface area (Å²) in [6, 6.07) is 0. The highest BCUT2D eigenvalue weighted by Gasteiger charge is 1.89. The average molecular weight is 134 g/mol. The Morgan fingerprint density at radius 1 is 1.50 bits per heavy atom. The SMILES string of the molecule is CCNN(C)SCC. The molecule has 0 rings (SSSR count). The zero-order valence-corrected chi connectivity index (χ0v) is 6.59. The van der Waals surface area contributed by atoms with Gasteiger partial charge in [0.1, 0.15) is 0 Å². The summed E-state index contributed by atoms with van der Waals surface area (Å²) in [5.74, 6) is 1.13. The molecule has 2 nitrogen and oxygen atoms in total. The van der Waals surface area contributed by atoms with Crippen molar-refractivity contribution >= 4 is 11.9 Å². The lowest BCUT2D eigenvalue weighted by atomic mass is 10.8. The number of hydrazine groups is 1. The maximum atomic E-state index is 3.14. The van der Waals surface area contributed by atoms with Crippen molar-refractivity contribution in [3.63, 3.8) is 0 Å². The molecule has 0 heterocycles. The van der Waals surface area contributed by atoms with Crippen LogP contribution in [0.25, 0.3) is 0 Å². The lowest BCUT2D eigenvalue weighted by molar-refractivity contribution is 0.428. The van der Waals surface area contributed by atoms with Crippen molar-refractivity contribution < 1.29 is 0 Å². The van der Waals surface area contributed by atoms with E-state index in [0.717, 1.165) is 12.3 Å². The normalized spacial score (nSPS) is 10.5. The first-order valence-electron chi connectivity index (χ1n) is 2.91. The van der Waals surface area contributed by atoms with Crippen LogP contribution in [-0.4, -0.2) is 23.8 Å². The fourth-order valence-electron chi connectivity index (χ4n) is 0.462. The Kier molecular flexibility index (Phi) is 5.59. The third kappa shape index (κ3) is 4.43. The molecule has 8 heavy (non-hydrogen) atoms. The van der Waals surface area contributed by atoms with Gasteiger partial charge >= 0.3 is 0 Å². The molecule has 0 aromatic heterocycles. The molecule has 3 heteroatoms. The molecule has 0 saturated heterocycles. The van der Waals surface area contributed by atoms with E-state index in [1.54, 1.807) is 11.9 Å². The van der Waals surface area contributed by atoms with Crippen molar-refractivity contribution in [3.8, 4) is 0 Å². The van der Waals surface area contributed by atoms with Gasteiger partial charge in [-0.2, -0.15) is 4.41 Å². The van der Waals surface area contributed by atoms with Crippen LogP contribution < -0.4 is 5.43 Å². The number of hydrogen-bond donors (Lipinski definition) is 1. The van der Waals surface area contributed by atoms with Crippen molar-refractivity contribution in [2.24, 2.45) is 0 Å². The third-order valence-electron chi connectivity index (χ3n) is 0.704. The minimum Gasteiger partial charge on any atom is -0.246 e. The van der Waals surface area contributed by atoms with Crippen LogP contribution in [0.2, 0.25) is 0 Å². The Hall–Kier alpha value is 0.270. The smallest absolute Gasteiger partial charge is 0.0131 e. The second kappa shape index (κ2) is 5.41. The largest absolute Gasteiger partial charge is 0.246 e. The highest BCUT2D eigenvalue weighted by atomic mass is 32.2. The molecule has 0 fully saturated rings.